The van der Waals surface area contributed by atoms with E-state index in [0.717, 1.165) is 6.21 Å². The molecule has 0 aliphatic rings. The van der Waals surface area contributed by atoms with Crippen molar-refractivity contribution in [2.45, 2.75) is 0 Å². The number of amides is 1. The van der Waals surface area contributed by atoms with Crippen LogP contribution in [0.5, 0.6) is 5.88 Å². The molecule has 4 N–H and O–H groups in total. The van der Waals surface area contributed by atoms with Gasteiger partial charge in [0.25, 0.3) is 11.5 Å². The molecule has 0 fully saturated rings. The summed E-state index contributed by atoms with van der Waals surface area (Å²) in [5.41, 5.74) is 0.548. The van der Waals surface area contributed by atoms with Gasteiger partial charge >= 0.3 is 5.69 Å². The Morgan fingerprint density at radius 1 is 1.30 bits per heavy atom. The molecule has 0 saturated carbocycles. The zero-order valence-electron chi connectivity index (χ0n) is 9.95. The van der Waals surface area contributed by atoms with E-state index in [4.69, 9.17) is 0 Å². The van der Waals surface area contributed by atoms with Gasteiger partial charge in [-0.25, -0.2) is 10.2 Å². The summed E-state index contributed by atoms with van der Waals surface area (Å²) in [5.74, 6) is -1.15. The molecule has 2 rings (SSSR count). The number of carbonyl (C=O) groups is 1. The average Bonchev–Trinajstić information content (AvgIpc) is 2.42. The zero-order chi connectivity index (χ0) is 14.5. The fraction of sp³-hybridized carbons (Fsp3) is 0. The van der Waals surface area contributed by atoms with Crippen LogP contribution in [0.4, 0.5) is 0 Å². The van der Waals surface area contributed by atoms with Crippen LogP contribution >= 0.6 is 0 Å². The summed E-state index contributed by atoms with van der Waals surface area (Å²) >= 11 is 0. The second-order valence-electron chi connectivity index (χ2n) is 3.61. The highest BCUT2D eigenvalue weighted by Gasteiger charge is 2.06. The molecule has 0 radical (unpaired) electrons. The Hall–Kier alpha value is -3.23. The van der Waals surface area contributed by atoms with Gasteiger partial charge in [-0.15, -0.1) is 0 Å². The quantitative estimate of drug-likeness (QED) is 0.417. The molecule has 20 heavy (non-hydrogen) atoms. The molecule has 2 aromatic heterocycles. The normalized spacial score (nSPS) is 10.6. The number of hydrogen-bond donors (Lipinski definition) is 4. The Kier molecular flexibility index (Phi) is 3.70. The first-order valence-corrected chi connectivity index (χ1v) is 5.37. The number of aromatic hydroxyl groups is 1. The highest BCUT2D eigenvalue weighted by atomic mass is 16.3. The van der Waals surface area contributed by atoms with E-state index in [-0.39, 0.29) is 5.56 Å². The molecular weight excluding hydrogens is 266 g/mol. The summed E-state index contributed by atoms with van der Waals surface area (Å²) in [6, 6.07) is 2.96. The van der Waals surface area contributed by atoms with Crippen molar-refractivity contribution in [2.75, 3.05) is 0 Å². The minimum absolute atomic E-state index is 0.278. The molecule has 2 heterocycles. The smallest absolute Gasteiger partial charge is 0.328 e. The van der Waals surface area contributed by atoms with E-state index >= 15 is 0 Å². The molecule has 102 valence electrons. The topological polar surface area (TPSA) is 140 Å². The second-order valence-corrected chi connectivity index (χ2v) is 3.61. The molecular formula is C11H9N5O4. The van der Waals surface area contributed by atoms with Gasteiger partial charge in [-0.05, 0) is 12.1 Å². The van der Waals surface area contributed by atoms with E-state index in [1.54, 1.807) is 0 Å². The van der Waals surface area contributed by atoms with Gasteiger partial charge in [0.2, 0.25) is 5.88 Å². The second kappa shape index (κ2) is 5.61. The van der Waals surface area contributed by atoms with Gasteiger partial charge in [-0.2, -0.15) is 5.10 Å². The molecule has 0 spiro atoms. The summed E-state index contributed by atoms with van der Waals surface area (Å²) in [4.78, 5) is 41.4. The van der Waals surface area contributed by atoms with Crippen molar-refractivity contribution in [1.29, 1.82) is 0 Å². The van der Waals surface area contributed by atoms with Crippen molar-refractivity contribution >= 4 is 12.1 Å². The lowest BCUT2D eigenvalue weighted by Gasteiger charge is -1.99. The Bertz CT molecular complexity index is 762. The van der Waals surface area contributed by atoms with Gasteiger partial charge in [-0.3, -0.25) is 24.5 Å². The summed E-state index contributed by atoms with van der Waals surface area (Å²) in [7, 11) is 0. The first-order valence-electron chi connectivity index (χ1n) is 5.37. The lowest BCUT2D eigenvalue weighted by atomic mass is 10.3. The van der Waals surface area contributed by atoms with Gasteiger partial charge in [0.05, 0.1) is 6.21 Å². The average molecular weight is 275 g/mol. The van der Waals surface area contributed by atoms with E-state index in [9.17, 15) is 19.5 Å². The van der Waals surface area contributed by atoms with Gasteiger partial charge in [0.1, 0.15) is 5.56 Å². The maximum Gasteiger partial charge on any atom is 0.328 e. The fourth-order valence-corrected chi connectivity index (χ4v) is 1.33. The van der Waals surface area contributed by atoms with Crippen LogP contribution in [0.3, 0.4) is 0 Å². The Balaban J connectivity index is 2.14. The summed E-state index contributed by atoms with van der Waals surface area (Å²) in [5, 5.41) is 12.9. The monoisotopic (exact) mass is 275 g/mol. The van der Waals surface area contributed by atoms with Crippen LogP contribution in [0.2, 0.25) is 0 Å². The molecule has 9 heteroatoms. The predicted molar refractivity (Wildman–Crippen MR) is 68.6 cm³/mol. The predicted octanol–water partition coefficient (Wildman–Crippen LogP) is -1.07. The molecule has 9 nitrogen and oxygen atoms in total. The van der Waals surface area contributed by atoms with Crippen LogP contribution in [0.1, 0.15) is 15.9 Å². The molecule has 0 aliphatic heterocycles. The molecule has 0 saturated heterocycles. The number of hydrazone groups is 1. The Morgan fingerprint density at radius 2 is 2.00 bits per heavy atom. The summed E-state index contributed by atoms with van der Waals surface area (Å²) < 4.78 is 0. The van der Waals surface area contributed by atoms with Crippen molar-refractivity contribution in [3.63, 3.8) is 0 Å². The molecule has 0 bridgehead atoms. The van der Waals surface area contributed by atoms with Crippen LogP contribution in [-0.4, -0.2) is 32.2 Å². The van der Waals surface area contributed by atoms with Crippen LogP contribution in [0, 0.1) is 0 Å². The fourth-order valence-electron chi connectivity index (χ4n) is 1.33. The van der Waals surface area contributed by atoms with Crippen LogP contribution < -0.4 is 16.7 Å². The minimum atomic E-state index is -0.842. The lowest BCUT2D eigenvalue weighted by molar-refractivity contribution is 0.0955. The third kappa shape index (κ3) is 2.96. The largest absolute Gasteiger partial charge is 0.494 e. The third-order valence-corrected chi connectivity index (χ3v) is 2.26. The molecule has 0 atom stereocenters. The van der Waals surface area contributed by atoms with Gasteiger partial charge < -0.3 is 5.11 Å². The maximum absolute atomic E-state index is 11.6. The number of hydrogen-bond acceptors (Lipinski definition) is 6. The Labute approximate surface area is 111 Å². The van der Waals surface area contributed by atoms with E-state index in [1.165, 1.54) is 24.5 Å². The number of rotatable bonds is 3. The van der Waals surface area contributed by atoms with Crippen molar-refractivity contribution < 1.29 is 9.90 Å². The third-order valence-electron chi connectivity index (χ3n) is 2.26. The van der Waals surface area contributed by atoms with E-state index in [0.29, 0.717) is 5.56 Å². The van der Waals surface area contributed by atoms with Gasteiger partial charge in [-0.1, -0.05) is 0 Å². The number of nitrogens with one attached hydrogen (secondary N) is 3. The number of pyridine rings is 1. The highest BCUT2D eigenvalue weighted by Crippen LogP contribution is 2.00. The first kappa shape index (κ1) is 13.2. The number of aromatic amines is 2. The summed E-state index contributed by atoms with van der Waals surface area (Å²) in [6.07, 6.45) is 3.80. The van der Waals surface area contributed by atoms with Gasteiger partial charge in [0.15, 0.2) is 0 Å². The Morgan fingerprint density at radius 3 is 2.65 bits per heavy atom. The number of carbonyl (C=O) groups excluding carboxylic acids is 1. The van der Waals surface area contributed by atoms with Crippen LogP contribution in [-0.2, 0) is 0 Å². The van der Waals surface area contributed by atoms with Crippen molar-refractivity contribution in [1.82, 2.24) is 20.4 Å². The van der Waals surface area contributed by atoms with E-state index in [2.05, 4.69) is 15.5 Å². The number of H-pyrrole nitrogens is 2. The van der Waals surface area contributed by atoms with Crippen molar-refractivity contribution in [3.8, 4) is 5.88 Å². The van der Waals surface area contributed by atoms with Crippen molar-refractivity contribution in [3.05, 3.63) is 56.5 Å². The minimum Gasteiger partial charge on any atom is -0.494 e. The first-order chi connectivity index (χ1) is 9.58. The van der Waals surface area contributed by atoms with Crippen molar-refractivity contribution in [2.24, 2.45) is 5.10 Å². The molecule has 0 unspecified atom stereocenters. The van der Waals surface area contributed by atoms with E-state index in [1.807, 2.05) is 9.97 Å². The summed E-state index contributed by atoms with van der Waals surface area (Å²) in [6.45, 7) is 0. The maximum atomic E-state index is 11.6. The SMILES string of the molecule is O=C(N/N=C\c1c(O)[nH]c(=O)[nH]c1=O)c1ccncc1. The zero-order valence-corrected chi connectivity index (χ0v) is 9.95. The molecule has 0 aromatic carbocycles. The van der Waals surface area contributed by atoms with Gasteiger partial charge in [0, 0.05) is 18.0 Å². The number of aromatic nitrogens is 3. The molecule has 0 aliphatic carbocycles. The highest BCUT2D eigenvalue weighted by molar-refractivity contribution is 5.94. The van der Waals surface area contributed by atoms with Crippen LogP contribution in [0.15, 0.2) is 39.2 Å². The number of nitrogens with zero attached hydrogens (tertiary/aromatic N) is 2. The van der Waals surface area contributed by atoms with E-state index < -0.39 is 23.0 Å². The van der Waals surface area contributed by atoms with Crippen LogP contribution in [0.25, 0.3) is 0 Å². The standard InChI is InChI=1S/C11H9N5O4/c17-8(6-1-3-12-4-2-6)16-13-5-7-9(18)14-11(20)15-10(7)19/h1-5H,(H,16,17)(H3,14,15,18,19,20)/b13-5-. The lowest BCUT2D eigenvalue weighted by Crippen LogP contribution is -2.25. The molecule has 1 amide bonds. The molecule has 2 aromatic rings.